The van der Waals surface area contributed by atoms with E-state index in [0.717, 1.165) is 36.1 Å². The molecule has 4 rings (SSSR count). The van der Waals surface area contributed by atoms with Crippen LogP contribution < -0.4 is 9.64 Å². The summed E-state index contributed by atoms with van der Waals surface area (Å²) in [5.41, 5.74) is 0.457. The first-order valence-electron chi connectivity index (χ1n) is 24.3. The number of rotatable bonds is 25. The molecule has 0 radical (unpaired) electrons. The predicted octanol–water partition coefficient (Wildman–Crippen LogP) is 13.6. The van der Waals surface area contributed by atoms with Crippen LogP contribution in [0.4, 0.5) is 17.3 Å². The Morgan fingerprint density at radius 3 is 1.75 bits per heavy atom. The number of aromatic nitrogens is 2. The van der Waals surface area contributed by atoms with Crippen LogP contribution in [0.2, 0.25) is 0 Å². The molecule has 4 aromatic rings. The van der Waals surface area contributed by atoms with Crippen molar-refractivity contribution in [3.05, 3.63) is 89.7 Å². The van der Waals surface area contributed by atoms with Gasteiger partial charge in [-0.15, -0.1) is 10.2 Å². The SMILES string of the molecule is CCN(CCOC(=O)C(C)(CC(C)(CC)C(C)(CC)C(C)(CC(C)(C)CC)C(=O)OCCOc1ccc(-c2ccc(C#N)cc2)cc1)C(C)(C)CC)c1ccc(N=Nc2nc(C#N)c(C#N)[nH]2)cc1. The Morgan fingerprint density at radius 1 is 0.652 bits per heavy atom. The molecule has 13 heteroatoms. The van der Waals surface area contributed by atoms with Crippen molar-refractivity contribution in [2.45, 2.75) is 129 Å². The molecule has 0 fully saturated rings. The number of likely N-dealkylation sites (N-methyl/N-ethyl adjacent to an activating group) is 1. The third-order valence-electron chi connectivity index (χ3n) is 16.0. The Morgan fingerprint density at radius 2 is 1.25 bits per heavy atom. The Kier molecular flexibility index (Phi) is 18.5. The number of ether oxygens (including phenoxy) is 3. The van der Waals surface area contributed by atoms with E-state index in [1.807, 2.05) is 79.7 Å². The van der Waals surface area contributed by atoms with Gasteiger partial charge in [0.05, 0.1) is 34.7 Å². The van der Waals surface area contributed by atoms with E-state index in [1.165, 1.54) is 0 Å². The minimum atomic E-state index is -0.935. The number of nitrogens with one attached hydrogen (secondary N) is 1. The smallest absolute Gasteiger partial charge is 0.312 e. The quantitative estimate of drug-likeness (QED) is 0.0380. The Labute approximate surface area is 411 Å². The summed E-state index contributed by atoms with van der Waals surface area (Å²) in [6.45, 7) is 29.6. The number of nitriles is 3. The monoisotopic (exact) mass is 939 g/mol. The number of hydrogen-bond donors (Lipinski definition) is 1. The molecule has 0 bridgehead atoms. The van der Waals surface area contributed by atoms with Crippen molar-refractivity contribution in [2.75, 3.05) is 37.8 Å². The summed E-state index contributed by atoms with van der Waals surface area (Å²) < 4.78 is 18.6. The lowest BCUT2D eigenvalue weighted by Gasteiger charge is -2.59. The minimum absolute atomic E-state index is 0.0334. The normalized spacial score (nSPS) is 15.3. The Bertz CT molecular complexity index is 2480. The molecule has 4 unspecified atom stereocenters. The lowest BCUT2D eigenvalue weighted by molar-refractivity contribution is -0.188. The van der Waals surface area contributed by atoms with E-state index in [9.17, 15) is 20.1 Å². The lowest BCUT2D eigenvalue weighted by atomic mass is 9.44. The van der Waals surface area contributed by atoms with E-state index in [-0.39, 0.29) is 54.5 Å². The van der Waals surface area contributed by atoms with E-state index < -0.39 is 27.1 Å². The van der Waals surface area contributed by atoms with Gasteiger partial charge in [-0.25, -0.2) is 0 Å². The molecular formula is C56H74N8O5. The maximum absolute atomic E-state index is 14.9. The van der Waals surface area contributed by atoms with Crippen LogP contribution in [-0.4, -0.2) is 54.8 Å². The third kappa shape index (κ3) is 12.4. The number of anilines is 1. The number of carbonyl (C=O) groups is 2. The van der Waals surface area contributed by atoms with Crippen LogP contribution >= 0.6 is 0 Å². The average molecular weight is 939 g/mol. The second-order valence-electron chi connectivity index (χ2n) is 20.5. The summed E-state index contributed by atoms with van der Waals surface area (Å²) in [7, 11) is 0. The van der Waals surface area contributed by atoms with E-state index in [0.29, 0.717) is 49.4 Å². The molecule has 13 nitrogen and oxygen atoms in total. The number of esters is 2. The van der Waals surface area contributed by atoms with Crippen molar-refractivity contribution >= 4 is 29.3 Å². The molecule has 3 aromatic carbocycles. The summed E-state index contributed by atoms with van der Waals surface area (Å²) in [6.07, 6.45) is 4.11. The first-order valence-corrected chi connectivity index (χ1v) is 24.3. The molecule has 0 spiro atoms. The van der Waals surface area contributed by atoms with Gasteiger partial charge < -0.3 is 24.1 Å². The van der Waals surface area contributed by atoms with Crippen molar-refractivity contribution < 1.29 is 23.8 Å². The fraction of sp³-hybridized carbons (Fsp3) is 0.536. The zero-order chi connectivity index (χ0) is 51.3. The Hall–Kier alpha value is -6.52. The predicted molar refractivity (Wildman–Crippen MR) is 271 cm³/mol. The maximum Gasteiger partial charge on any atom is 0.312 e. The molecule has 1 aromatic heterocycles. The highest BCUT2D eigenvalue weighted by Gasteiger charge is 2.62. The molecule has 69 heavy (non-hydrogen) atoms. The number of imidazole rings is 1. The van der Waals surface area contributed by atoms with E-state index in [1.54, 1.807) is 12.1 Å². The van der Waals surface area contributed by atoms with Gasteiger partial charge in [-0.1, -0.05) is 106 Å². The number of carbonyl (C=O) groups excluding carboxylic acids is 2. The van der Waals surface area contributed by atoms with Crippen LogP contribution in [0, 0.1) is 66.5 Å². The number of benzene rings is 3. The molecule has 0 aliphatic carbocycles. The van der Waals surface area contributed by atoms with Crippen molar-refractivity contribution in [1.29, 1.82) is 15.8 Å². The lowest BCUT2D eigenvalue weighted by Crippen LogP contribution is -2.58. The average Bonchev–Trinajstić information content (AvgIpc) is 3.78. The molecule has 0 saturated carbocycles. The van der Waals surface area contributed by atoms with Crippen LogP contribution in [0.3, 0.4) is 0 Å². The highest BCUT2D eigenvalue weighted by molar-refractivity contribution is 5.79. The van der Waals surface area contributed by atoms with E-state index in [4.69, 9.17) is 19.5 Å². The van der Waals surface area contributed by atoms with Crippen molar-refractivity contribution in [3.63, 3.8) is 0 Å². The highest BCUT2D eigenvalue weighted by Crippen LogP contribution is 2.65. The van der Waals surface area contributed by atoms with Gasteiger partial charge >= 0.3 is 11.9 Å². The summed E-state index contributed by atoms with van der Waals surface area (Å²) >= 11 is 0. The third-order valence-corrected chi connectivity index (χ3v) is 16.0. The van der Waals surface area contributed by atoms with E-state index >= 15 is 0 Å². The van der Waals surface area contributed by atoms with Crippen molar-refractivity contribution in [1.82, 2.24) is 9.97 Å². The van der Waals surface area contributed by atoms with Gasteiger partial charge in [-0.3, -0.25) is 9.59 Å². The van der Waals surface area contributed by atoms with Gasteiger partial charge in [0.1, 0.15) is 37.7 Å². The van der Waals surface area contributed by atoms with Crippen molar-refractivity contribution in [2.24, 2.45) is 42.7 Å². The number of aromatic amines is 1. The zero-order valence-electron chi connectivity index (χ0n) is 43.4. The van der Waals surface area contributed by atoms with Crippen LogP contribution in [-0.2, 0) is 19.1 Å². The summed E-state index contributed by atoms with van der Waals surface area (Å²) in [6, 6.07) is 28.5. The fourth-order valence-electron chi connectivity index (χ4n) is 9.74. The number of H-pyrrole nitrogens is 1. The van der Waals surface area contributed by atoms with Gasteiger partial charge in [0.15, 0.2) is 11.4 Å². The summed E-state index contributed by atoms with van der Waals surface area (Å²) in [5.74, 6) is 0.217. The van der Waals surface area contributed by atoms with Gasteiger partial charge in [-0.2, -0.15) is 20.8 Å². The summed E-state index contributed by atoms with van der Waals surface area (Å²) in [5, 5.41) is 35.8. The highest BCUT2D eigenvalue weighted by atomic mass is 16.6. The van der Waals surface area contributed by atoms with E-state index in [2.05, 4.69) is 114 Å². The molecule has 4 atom stereocenters. The molecule has 0 saturated heterocycles. The summed E-state index contributed by atoms with van der Waals surface area (Å²) in [4.78, 5) is 38.5. The number of azo groups is 1. The second kappa shape index (κ2) is 23.2. The maximum atomic E-state index is 14.9. The van der Waals surface area contributed by atoms with Crippen LogP contribution in [0.5, 0.6) is 5.75 Å². The topological polar surface area (TPSA) is 190 Å². The standard InChI is InChI=1S/C56H74N8O5/c1-14-51(6,7)38-55(12,49(66)69-34-33-67-45-29-23-42(24-30-45)41-21-19-40(35-57)20-22-41)56(13,17-4)53(10,16-3)39-54(11,52(8,9)15-2)48(65)68-32-31-64(18-5)44-27-25-43(26-28-44)62-63-50-60-46(36-58)47(37-59)61-50/h19-30H,14-18,31-34,38-39H2,1-13H3,(H,60,61). The van der Waals surface area contributed by atoms with Gasteiger partial charge in [0.2, 0.25) is 5.95 Å². The van der Waals surface area contributed by atoms with Gasteiger partial charge in [-0.05, 0) is 128 Å². The van der Waals surface area contributed by atoms with Crippen LogP contribution in [0.15, 0.2) is 83.0 Å². The van der Waals surface area contributed by atoms with Crippen LogP contribution in [0.1, 0.15) is 145 Å². The molecule has 1 N–H and O–H groups in total. The molecular weight excluding hydrogens is 865 g/mol. The van der Waals surface area contributed by atoms with Gasteiger partial charge in [0.25, 0.3) is 0 Å². The molecule has 0 amide bonds. The second-order valence-corrected chi connectivity index (χ2v) is 20.5. The molecule has 1 heterocycles. The molecule has 0 aliphatic heterocycles. The van der Waals surface area contributed by atoms with Crippen LogP contribution in [0.25, 0.3) is 11.1 Å². The molecule has 0 aliphatic rings. The first-order chi connectivity index (χ1) is 32.6. The zero-order valence-corrected chi connectivity index (χ0v) is 43.4. The first kappa shape index (κ1) is 55.1. The van der Waals surface area contributed by atoms with Gasteiger partial charge in [0, 0.05) is 12.2 Å². The number of hydrogen-bond acceptors (Lipinski definition) is 12. The van der Waals surface area contributed by atoms with Crippen molar-refractivity contribution in [3.8, 4) is 35.1 Å². The Balaban J connectivity index is 1.52. The number of nitrogens with zero attached hydrogens (tertiary/aromatic N) is 7. The minimum Gasteiger partial charge on any atom is -0.490 e. The molecule has 368 valence electrons. The largest absolute Gasteiger partial charge is 0.490 e. The fourth-order valence-corrected chi connectivity index (χ4v) is 9.74.